The van der Waals surface area contributed by atoms with E-state index in [-0.39, 0.29) is 23.5 Å². The number of ether oxygens (including phenoxy) is 2. The van der Waals surface area contributed by atoms with Crippen LogP contribution in [0, 0.1) is 6.92 Å². The summed E-state index contributed by atoms with van der Waals surface area (Å²) in [5.41, 5.74) is 5.84. The van der Waals surface area contributed by atoms with Gasteiger partial charge in [0.15, 0.2) is 0 Å². The molecule has 6 heteroatoms. The zero-order chi connectivity index (χ0) is 23.1. The van der Waals surface area contributed by atoms with Crippen molar-refractivity contribution in [2.75, 3.05) is 19.0 Å². The van der Waals surface area contributed by atoms with Crippen molar-refractivity contribution >= 4 is 22.5 Å². The molecule has 1 aromatic heterocycles. The number of aromatic nitrogens is 1. The summed E-state index contributed by atoms with van der Waals surface area (Å²) >= 11 is 0. The molecule has 0 radical (unpaired) electrons. The molecule has 2 unspecified atom stereocenters. The number of anilines is 1. The number of fused-ring (bicyclic) bond motifs is 2. The lowest BCUT2D eigenvalue weighted by Gasteiger charge is -2.35. The first-order valence-electron chi connectivity index (χ1n) is 10.9. The van der Waals surface area contributed by atoms with E-state index in [0.717, 1.165) is 44.8 Å². The number of phenols is 1. The van der Waals surface area contributed by atoms with Crippen molar-refractivity contribution in [3.8, 4) is 17.2 Å². The minimum Gasteiger partial charge on any atom is -0.508 e. The quantitative estimate of drug-likeness (QED) is 0.392. The van der Waals surface area contributed by atoms with Gasteiger partial charge in [0.2, 0.25) is 5.91 Å². The van der Waals surface area contributed by atoms with Crippen LogP contribution in [0.25, 0.3) is 10.9 Å². The first kappa shape index (κ1) is 20.9. The first-order chi connectivity index (χ1) is 16.0. The summed E-state index contributed by atoms with van der Waals surface area (Å²) in [5.74, 6) is 1.74. The molecule has 168 valence electrons. The van der Waals surface area contributed by atoms with Crippen LogP contribution in [0.4, 0.5) is 5.69 Å². The number of amides is 1. The minimum atomic E-state index is -0.0997. The van der Waals surface area contributed by atoms with E-state index in [0.29, 0.717) is 6.61 Å². The molecular weight excluding hydrogens is 416 g/mol. The predicted octanol–water partition coefficient (Wildman–Crippen LogP) is 5.46. The van der Waals surface area contributed by atoms with Gasteiger partial charge < -0.3 is 24.9 Å². The molecule has 1 aliphatic rings. The number of benzene rings is 3. The maximum absolute atomic E-state index is 11.4. The number of carbonyl (C=O) groups is 1. The summed E-state index contributed by atoms with van der Waals surface area (Å²) < 4.78 is 11.6. The molecule has 0 fully saturated rings. The molecule has 5 rings (SSSR count). The van der Waals surface area contributed by atoms with Gasteiger partial charge in [-0.05, 0) is 48.4 Å². The molecule has 4 aromatic rings. The van der Waals surface area contributed by atoms with E-state index in [1.807, 2.05) is 37.3 Å². The number of H-pyrrole nitrogens is 1. The van der Waals surface area contributed by atoms with Gasteiger partial charge in [-0.1, -0.05) is 18.2 Å². The highest BCUT2D eigenvalue weighted by molar-refractivity contribution is 5.88. The second-order valence-corrected chi connectivity index (χ2v) is 8.48. The third kappa shape index (κ3) is 3.67. The molecule has 3 N–H and O–H groups in total. The largest absolute Gasteiger partial charge is 0.508 e. The average molecular weight is 443 g/mol. The second-order valence-electron chi connectivity index (χ2n) is 8.48. The van der Waals surface area contributed by atoms with Crippen LogP contribution in [0.15, 0.2) is 60.8 Å². The lowest BCUT2D eigenvalue weighted by molar-refractivity contribution is -0.114. The predicted molar refractivity (Wildman–Crippen MR) is 129 cm³/mol. The molecule has 6 nitrogen and oxygen atoms in total. The molecule has 2 heterocycles. The number of rotatable bonds is 4. The van der Waals surface area contributed by atoms with Crippen molar-refractivity contribution in [1.29, 1.82) is 0 Å². The van der Waals surface area contributed by atoms with Gasteiger partial charge in [0.25, 0.3) is 0 Å². The van der Waals surface area contributed by atoms with Crippen molar-refractivity contribution in [1.82, 2.24) is 4.98 Å². The Bertz CT molecular complexity index is 1340. The minimum absolute atomic E-state index is 0.0144. The zero-order valence-corrected chi connectivity index (χ0v) is 18.8. The lowest BCUT2D eigenvalue weighted by Crippen LogP contribution is -2.25. The summed E-state index contributed by atoms with van der Waals surface area (Å²) in [6.45, 7) is 3.86. The van der Waals surface area contributed by atoms with E-state index in [4.69, 9.17) is 9.47 Å². The Morgan fingerprint density at radius 3 is 2.64 bits per heavy atom. The van der Waals surface area contributed by atoms with Crippen molar-refractivity contribution in [3.05, 3.63) is 83.0 Å². The van der Waals surface area contributed by atoms with E-state index in [1.165, 1.54) is 12.5 Å². The summed E-state index contributed by atoms with van der Waals surface area (Å²) in [4.78, 5) is 14.8. The number of nitrogens with one attached hydrogen (secondary N) is 2. The Morgan fingerprint density at radius 2 is 1.91 bits per heavy atom. The number of carbonyl (C=O) groups excluding carboxylic acids is 1. The van der Waals surface area contributed by atoms with Gasteiger partial charge in [0.05, 0.1) is 13.7 Å². The Morgan fingerprint density at radius 1 is 1.12 bits per heavy atom. The normalized spacial score (nSPS) is 17.3. The molecule has 1 aliphatic heterocycles. The molecule has 1 amide bonds. The maximum Gasteiger partial charge on any atom is 0.221 e. The standard InChI is InChI=1S/C27H26N2O4/c1-15-25(31)11-10-21-26(17-4-6-18(7-5-17)29-16(2)30)23(14-33-27(15)21)22-13-28-24-12-19(32-3)8-9-20(22)24/h4-13,23,26,28,31H,14H2,1-3H3,(H,29,30). The van der Waals surface area contributed by atoms with Gasteiger partial charge in [0, 0.05) is 58.7 Å². The topological polar surface area (TPSA) is 83.6 Å². The third-order valence-electron chi connectivity index (χ3n) is 6.46. The van der Waals surface area contributed by atoms with Gasteiger partial charge in [-0.2, -0.15) is 0 Å². The Hall–Kier alpha value is -3.93. The van der Waals surface area contributed by atoms with E-state index in [9.17, 15) is 9.90 Å². The summed E-state index contributed by atoms with van der Waals surface area (Å²) in [6.07, 6.45) is 2.05. The highest BCUT2D eigenvalue weighted by Gasteiger charge is 2.36. The van der Waals surface area contributed by atoms with Crippen LogP contribution in [0.5, 0.6) is 17.2 Å². The first-order valence-corrected chi connectivity index (χ1v) is 10.9. The summed E-state index contributed by atoms with van der Waals surface area (Å²) in [6, 6.07) is 17.7. The van der Waals surface area contributed by atoms with Crippen molar-refractivity contribution < 1.29 is 19.4 Å². The molecule has 0 aliphatic carbocycles. The smallest absolute Gasteiger partial charge is 0.221 e. The van der Waals surface area contributed by atoms with E-state index in [1.54, 1.807) is 13.2 Å². The Labute approximate surface area is 192 Å². The fourth-order valence-electron chi connectivity index (χ4n) is 4.84. The number of phenolic OH excluding ortho intramolecular Hbond substituents is 1. The van der Waals surface area contributed by atoms with Gasteiger partial charge in [0.1, 0.15) is 17.2 Å². The van der Waals surface area contributed by atoms with Gasteiger partial charge in [-0.3, -0.25) is 4.79 Å². The number of methoxy groups -OCH3 is 1. The number of hydrogen-bond donors (Lipinski definition) is 3. The van der Waals surface area contributed by atoms with E-state index in [2.05, 4.69) is 34.7 Å². The molecule has 0 saturated heterocycles. The zero-order valence-electron chi connectivity index (χ0n) is 18.8. The fourth-order valence-corrected chi connectivity index (χ4v) is 4.84. The summed E-state index contributed by atoms with van der Waals surface area (Å²) in [5, 5.41) is 14.2. The van der Waals surface area contributed by atoms with Crippen LogP contribution in [-0.4, -0.2) is 29.7 Å². The molecule has 0 bridgehead atoms. The highest BCUT2D eigenvalue weighted by atomic mass is 16.5. The summed E-state index contributed by atoms with van der Waals surface area (Å²) in [7, 11) is 1.66. The van der Waals surface area contributed by atoms with Crippen LogP contribution in [-0.2, 0) is 4.79 Å². The second kappa shape index (κ2) is 8.20. The molecule has 33 heavy (non-hydrogen) atoms. The SMILES string of the molecule is COc1ccc2c(C3COc4c(ccc(O)c4C)C3c3ccc(NC(C)=O)cc3)c[nH]c2c1. The van der Waals surface area contributed by atoms with Crippen LogP contribution >= 0.6 is 0 Å². The van der Waals surface area contributed by atoms with Gasteiger partial charge in [-0.15, -0.1) is 0 Å². The van der Waals surface area contributed by atoms with Crippen LogP contribution < -0.4 is 14.8 Å². The maximum atomic E-state index is 11.4. The molecule has 0 saturated carbocycles. The van der Waals surface area contributed by atoms with E-state index >= 15 is 0 Å². The van der Waals surface area contributed by atoms with Crippen LogP contribution in [0.1, 0.15) is 41.0 Å². The number of aromatic hydroxyl groups is 1. The molecule has 2 atom stereocenters. The third-order valence-corrected chi connectivity index (χ3v) is 6.46. The highest BCUT2D eigenvalue weighted by Crippen LogP contribution is 2.50. The Kier molecular flexibility index (Phi) is 5.21. The van der Waals surface area contributed by atoms with Crippen LogP contribution in [0.3, 0.4) is 0 Å². The lowest BCUT2D eigenvalue weighted by atomic mass is 9.75. The van der Waals surface area contributed by atoms with Gasteiger partial charge >= 0.3 is 0 Å². The van der Waals surface area contributed by atoms with Crippen molar-refractivity contribution in [2.24, 2.45) is 0 Å². The molecule has 0 spiro atoms. The fraction of sp³-hybridized carbons (Fsp3) is 0.222. The number of hydrogen-bond acceptors (Lipinski definition) is 4. The van der Waals surface area contributed by atoms with E-state index < -0.39 is 0 Å². The monoisotopic (exact) mass is 442 g/mol. The van der Waals surface area contributed by atoms with Crippen LogP contribution in [0.2, 0.25) is 0 Å². The number of aromatic amines is 1. The average Bonchev–Trinajstić information content (AvgIpc) is 3.24. The van der Waals surface area contributed by atoms with Gasteiger partial charge in [-0.25, -0.2) is 0 Å². The van der Waals surface area contributed by atoms with Crippen molar-refractivity contribution in [2.45, 2.75) is 25.7 Å². The molecule has 3 aromatic carbocycles. The van der Waals surface area contributed by atoms with Crippen molar-refractivity contribution in [3.63, 3.8) is 0 Å². The molecular formula is C27H26N2O4. The Balaban J connectivity index is 1.64.